The molecule has 0 N–H and O–H groups in total. The van der Waals surface area contributed by atoms with Crippen LogP contribution in [0.5, 0.6) is 0 Å². The Morgan fingerprint density at radius 3 is 1.21 bits per heavy atom. The molecule has 0 saturated carbocycles. The minimum absolute atomic E-state index is 0.0448. The van der Waals surface area contributed by atoms with Crippen LogP contribution in [0.2, 0.25) is 19.8 Å². The van der Waals surface area contributed by atoms with Gasteiger partial charge in [0.15, 0.2) is 0 Å². The molecule has 0 fully saturated rings. The molecule has 4 nitrogen and oxygen atoms in total. The first-order valence-electron chi connectivity index (χ1n) is 5.36. The zero-order valence-corrected chi connectivity index (χ0v) is 20.1. The molecule has 0 unspecified atom stereocenters. The summed E-state index contributed by atoms with van der Waals surface area (Å²) in [4.78, 5) is 27.8. The number of hydrogen-bond donors (Lipinski definition) is 2. The van der Waals surface area contributed by atoms with Crippen LogP contribution in [0.1, 0.15) is 12.8 Å². The van der Waals surface area contributed by atoms with E-state index in [0.717, 1.165) is 0 Å². The van der Waals surface area contributed by atoms with Crippen LogP contribution >= 0.6 is 34.5 Å². The first kappa shape index (κ1) is 28.6. The molecule has 0 aliphatic heterocycles. The topological polar surface area (TPSA) is 80.3 Å². The van der Waals surface area contributed by atoms with Gasteiger partial charge in [0.1, 0.15) is 0 Å². The van der Waals surface area contributed by atoms with Crippen LogP contribution in [-0.4, -0.2) is 62.4 Å². The Kier molecular flexibility index (Phi) is 41.8. The van der Waals surface area contributed by atoms with E-state index in [4.69, 9.17) is 9.29 Å². The Labute approximate surface area is 148 Å². The molecule has 9 heteroatoms. The van der Waals surface area contributed by atoms with Crippen LogP contribution in [0.25, 0.3) is 0 Å². The fourth-order valence-corrected chi connectivity index (χ4v) is 0.548. The summed E-state index contributed by atoms with van der Waals surface area (Å²) in [6, 6.07) is 0. The average Bonchev–Trinajstić information content (AvgIpc) is 2.17. The minimum atomic E-state index is -1.04. The van der Waals surface area contributed by atoms with E-state index in [1.807, 2.05) is 0 Å². The van der Waals surface area contributed by atoms with Crippen molar-refractivity contribution in [1.82, 2.24) is 0 Å². The van der Waals surface area contributed by atoms with Gasteiger partial charge in [-0.3, -0.25) is 0 Å². The normalized spacial score (nSPS) is 7.05. The first-order valence-corrected chi connectivity index (χ1v) is 21.9. The van der Waals surface area contributed by atoms with Gasteiger partial charge in [0.25, 0.3) is 0 Å². The number of hydrogen-bond acceptors (Lipinski definition) is 7. The summed E-state index contributed by atoms with van der Waals surface area (Å²) < 4.78 is 0. The Morgan fingerprint density at radius 1 is 1.05 bits per heavy atom. The van der Waals surface area contributed by atoms with Gasteiger partial charge in [-0.25, -0.2) is 0 Å². The van der Waals surface area contributed by atoms with Crippen molar-refractivity contribution < 1.29 is 19.8 Å². The number of carboxylic acids is 2. The molecule has 19 heavy (non-hydrogen) atoms. The van der Waals surface area contributed by atoms with Crippen molar-refractivity contribution >= 4 is 85.4 Å². The predicted molar refractivity (Wildman–Crippen MR) is 89.5 cm³/mol. The molecule has 0 aromatic carbocycles. The molecule has 0 heterocycles. The number of thiol groups is 2. The van der Waals surface area contributed by atoms with Crippen molar-refractivity contribution in [3.63, 3.8) is 0 Å². The summed E-state index contributed by atoms with van der Waals surface area (Å²) >= 11 is 6.55. The van der Waals surface area contributed by atoms with Crippen LogP contribution in [0.4, 0.5) is 0 Å². The van der Waals surface area contributed by atoms with Gasteiger partial charge in [0.05, 0.1) is 0 Å². The van der Waals surface area contributed by atoms with Crippen LogP contribution in [0, 0.1) is 0 Å². The molecule has 0 spiro atoms. The molecule has 0 aliphatic rings. The van der Waals surface area contributed by atoms with Gasteiger partial charge in [-0.1, -0.05) is 0 Å². The second-order valence-corrected chi connectivity index (χ2v) is 17.5. The van der Waals surface area contributed by atoms with E-state index in [2.05, 4.69) is 45.0 Å². The van der Waals surface area contributed by atoms with E-state index in [1.165, 1.54) is 0 Å². The van der Waals surface area contributed by atoms with E-state index in [9.17, 15) is 19.8 Å². The third-order valence-electron chi connectivity index (χ3n) is 0.632. The molecule has 0 bridgehead atoms. The zero-order chi connectivity index (χ0) is 16.3. The van der Waals surface area contributed by atoms with Crippen molar-refractivity contribution in [2.75, 3.05) is 11.5 Å². The van der Waals surface area contributed by atoms with Crippen molar-refractivity contribution in [2.24, 2.45) is 0 Å². The van der Waals surface area contributed by atoms with Crippen LogP contribution < -0.4 is 10.2 Å². The zero-order valence-electron chi connectivity index (χ0n) is 11.8. The molecule has 0 amide bonds. The monoisotopic (exact) mass is 542 g/mol. The van der Waals surface area contributed by atoms with E-state index in [-0.39, 0.29) is 34.0 Å². The van der Waals surface area contributed by atoms with Crippen LogP contribution in [-0.2, 0) is 9.59 Å². The van der Waals surface area contributed by atoms with Crippen LogP contribution in [0.3, 0.4) is 0 Å². The summed E-state index contributed by atoms with van der Waals surface area (Å²) in [5, 5.41) is 18.9. The van der Waals surface area contributed by atoms with Crippen molar-refractivity contribution in [3.8, 4) is 0 Å². The summed E-state index contributed by atoms with van der Waals surface area (Å²) in [7, 11) is 4.82. The van der Waals surface area contributed by atoms with Gasteiger partial charge < -0.3 is 19.8 Å². The Morgan fingerprint density at radius 2 is 1.21 bits per heavy atom. The molecule has 0 saturated heterocycles. The van der Waals surface area contributed by atoms with Crippen molar-refractivity contribution in [2.45, 2.75) is 32.6 Å². The Balaban J connectivity index is -0.0000000821. The maximum atomic E-state index is 9.44. The molecular formula is C10H22O4S3Sn2. The SMILES string of the molecule is O=C([O-])CCS.O=C([O-])CCS.[CH3][Sn+2][CH3].[CH3][Sn]([CH3])=[S]. The van der Waals surface area contributed by atoms with Gasteiger partial charge in [0, 0.05) is 11.9 Å². The number of aliphatic carboxylic acids is 2. The van der Waals surface area contributed by atoms with Gasteiger partial charge in [-0.15, -0.1) is 0 Å². The summed E-state index contributed by atoms with van der Waals surface area (Å²) in [5.41, 5.74) is 0. The molecule has 112 valence electrons. The fraction of sp³-hybridized carbons (Fsp3) is 0.800. The summed E-state index contributed by atoms with van der Waals surface area (Å²) in [5.74, 6) is -1.35. The van der Waals surface area contributed by atoms with Gasteiger partial charge in [-0.2, -0.15) is 25.3 Å². The van der Waals surface area contributed by atoms with E-state index < -0.39 is 29.8 Å². The Hall–Kier alpha value is 1.46. The maximum absolute atomic E-state index is 9.44. The van der Waals surface area contributed by atoms with Crippen molar-refractivity contribution in [1.29, 1.82) is 0 Å². The van der Waals surface area contributed by atoms with E-state index in [0.29, 0.717) is 11.5 Å². The molecule has 0 rings (SSSR count). The molecule has 0 aliphatic carbocycles. The molecule has 0 atom stereocenters. The quantitative estimate of drug-likeness (QED) is 0.398. The molecular weight excluding hydrogens is 518 g/mol. The van der Waals surface area contributed by atoms with E-state index in [1.54, 1.807) is 0 Å². The summed E-state index contributed by atoms with van der Waals surface area (Å²) in [6.45, 7) is 0. The molecule has 0 aromatic heterocycles. The number of rotatable bonds is 4. The average molecular weight is 540 g/mol. The fourth-order valence-electron chi connectivity index (χ4n) is 0.183. The number of carbonyl (C=O) groups excluding carboxylic acids is 2. The van der Waals surface area contributed by atoms with Gasteiger partial charge in [0.2, 0.25) is 0 Å². The Bertz CT molecular complexity index is 209. The van der Waals surface area contributed by atoms with Gasteiger partial charge in [-0.05, 0) is 24.3 Å². The molecule has 0 radical (unpaired) electrons. The summed E-state index contributed by atoms with van der Waals surface area (Å²) in [6.07, 6.45) is 0.0895. The number of carboxylic acid groups (broad SMARTS) is 2. The second-order valence-electron chi connectivity index (χ2n) is 3.10. The van der Waals surface area contributed by atoms with Crippen LogP contribution in [0.15, 0.2) is 0 Å². The third-order valence-corrected chi connectivity index (χ3v) is 1.08. The third kappa shape index (κ3) is 107. The molecule has 0 aromatic rings. The first-order chi connectivity index (χ1) is 8.69. The van der Waals surface area contributed by atoms with Crippen molar-refractivity contribution in [3.05, 3.63) is 0 Å². The van der Waals surface area contributed by atoms with Gasteiger partial charge >= 0.3 is 68.0 Å². The second kappa shape index (κ2) is 27.7. The predicted octanol–water partition coefficient (Wildman–Crippen LogP) is 0.334. The van der Waals surface area contributed by atoms with E-state index >= 15 is 0 Å². The number of carbonyl (C=O) groups is 2. The standard InChI is InChI=1S/2C3H6O2S.4CH3.S.2Sn/c2*4-3(5)1-2-6;;;;;;;/h2*6H,1-2H2,(H,4,5);4*1H3;;;/q;;;;;;;;+2/p-2.